The van der Waals surface area contributed by atoms with Crippen LogP contribution in [0.1, 0.15) is 40.2 Å². The number of ether oxygens (including phenoxy) is 1. The number of amides is 3. The molecule has 0 saturated carbocycles. The predicted molar refractivity (Wildman–Crippen MR) is 126 cm³/mol. The van der Waals surface area contributed by atoms with E-state index in [0.717, 1.165) is 32.4 Å². The van der Waals surface area contributed by atoms with Crippen molar-refractivity contribution in [2.45, 2.75) is 25.4 Å². The van der Waals surface area contributed by atoms with E-state index < -0.39 is 6.10 Å². The van der Waals surface area contributed by atoms with Gasteiger partial charge >= 0.3 is 0 Å². The first-order chi connectivity index (χ1) is 16.6. The number of benzene rings is 2. The lowest BCUT2D eigenvalue weighted by molar-refractivity contribution is -0.139. The van der Waals surface area contributed by atoms with Gasteiger partial charge in [0.2, 0.25) is 0 Å². The lowest BCUT2D eigenvalue weighted by atomic mass is 10.1. The molecule has 1 unspecified atom stereocenters. The van der Waals surface area contributed by atoms with Gasteiger partial charge in [0.05, 0.1) is 18.5 Å². The van der Waals surface area contributed by atoms with Crippen LogP contribution in [-0.4, -0.2) is 48.4 Å². The van der Waals surface area contributed by atoms with Crippen LogP contribution in [0.25, 0.3) is 0 Å². The number of hydrogen-bond donors (Lipinski definition) is 1. The molecule has 1 fully saturated rings. The molecule has 5 rings (SSSR count). The summed E-state index contributed by atoms with van der Waals surface area (Å²) in [5, 5.41) is 2.74. The summed E-state index contributed by atoms with van der Waals surface area (Å²) in [6.07, 6.45) is 3.78. The van der Waals surface area contributed by atoms with Crippen LogP contribution in [0, 0.1) is 0 Å². The van der Waals surface area contributed by atoms with E-state index in [2.05, 4.69) is 5.32 Å². The van der Waals surface area contributed by atoms with E-state index in [9.17, 15) is 14.4 Å². The maximum Gasteiger partial charge on any atom is 0.291 e. The minimum atomic E-state index is -0.746. The van der Waals surface area contributed by atoms with Crippen LogP contribution in [0.15, 0.2) is 71.3 Å². The minimum absolute atomic E-state index is 0.0806. The number of nitrogens with zero attached hydrogens (tertiary/aromatic N) is 2. The monoisotopic (exact) mass is 459 g/mol. The normalized spacial score (nSPS) is 17.5. The highest BCUT2D eigenvalue weighted by Gasteiger charge is 2.36. The summed E-state index contributed by atoms with van der Waals surface area (Å²) < 4.78 is 11.1. The number of fused-ring (bicyclic) bond motifs is 1. The molecule has 0 spiro atoms. The third-order valence-corrected chi connectivity index (χ3v) is 6.10. The van der Waals surface area contributed by atoms with Crippen molar-refractivity contribution in [2.75, 3.05) is 29.9 Å². The van der Waals surface area contributed by atoms with Crippen molar-refractivity contribution in [1.29, 1.82) is 0 Å². The van der Waals surface area contributed by atoms with Gasteiger partial charge in [0.15, 0.2) is 11.9 Å². The van der Waals surface area contributed by atoms with E-state index in [4.69, 9.17) is 9.15 Å². The fourth-order valence-electron chi connectivity index (χ4n) is 4.33. The van der Waals surface area contributed by atoms with E-state index in [1.165, 1.54) is 6.26 Å². The van der Waals surface area contributed by atoms with Crippen molar-refractivity contribution in [3.63, 3.8) is 0 Å². The Morgan fingerprint density at radius 1 is 0.882 bits per heavy atom. The fourth-order valence-corrected chi connectivity index (χ4v) is 4.33. The van der Waals surface area contributed by atoms with E-state index in [1.807, 2.05) is 23.1 Å². The molecule has 2 aromatic carbocycles. The first-order valence-electron chi connectivity index (χ1n) is 11.4. The van der Waals surface area contributed by atoms with E-state index in [-0.39, 0.29) is 30.0 Å². The second-order valence-corrected chi connectivity index (χ2v) is 8.38. The Kier molecular flexibility index (Phi) is 6.03. The van der Waals surface area contributed by atoms with Gasteiger partial charge in [0.1, 0.15) is 5.75 Å². The number of anilines is 2. The summed E-state index contributed by atoms with van der Waals surface area (Å²) >= 11 is 0. The SMILES string of the molecule is O=C(Nc1ccc(C(=O)N2CC(C(=O)N3CCCCC3)Oc3ccccc32)cc1)c1ccco1. The van der Waals surface area contributed by atoms with Crippen LogP contribution in [0.4, 0.5) is 11.4 Å². The number of likely N-dealkylation sites (tertiary alicyclic amines) is 1. The quantitative estimate of drug-likeness (QED) is 0.638. The molecule has 1 atom stereocenters. The zero-order chi connectivity index (χ0) is 23.5. The molecule has 0 radical (unpaired) electrons. The van der Waals surface area contributed by atoms with Crippen LogP contribution >= 0.6 is 0 Å². The molecule has 1 aromatic heterocycles. The lowest BCUT2D eigenvalue weighted by Crippen LogP contribution is -2.52. The molecule has 0 aliphatic carbocycles. The Morgan fingerprint density at radius 3 is 2.38 bits per heavy atom. The Labute approximate surface area is 197 Å². The Balaban J connectivity index is 1.34. The third kappa shape index (κ3) is 4.39. The Hall–Kier alpha value is -4.07. The molecule has 34 heavy (non-hydrogen) atoms. The average Bonchev–Trinajstić information content (AvgIpc) is 3.43. The van der Waals surface area contributed by atoms with E-state index >= 15 is 0 Å². The Bertz CT molecular complexity index is 1180. The molecule has 1 N–H and O–H groups in total. The van der Waals surface area contributed by atoms with Crippen molar-refractivity contribution in [3.8, 4) is 5.75 Å². The molecule has 2 aliphatic heterocycles. The highest BCUT2D eigenvalue weighted by atomic mass is 16.5. The molecule has 0 bridgehead atoms. The molecule has 174 valence electrons. The highest BCUT2D eigenvalue weighted by molar-refractivity contribution is 6.08. The Morgan fingerprint density at radius 2 is 1.65 bits per heavy atom. The summed E-state index contributed by atoms with van der Waals surface area (Å²) in [4.78, 5) is 42.2. The van der Waals surface area contributed by atoms with Crippen molar-refractivity contribution < 1.29 is 23.5 Å². The molecule has 3 amide bonds. The van der Waals surface area contributed by atoms with E-state index in [0.29, 0.717) is 22.7 Å². The van der Waals surface area contributed by atoms with Crippen LogP contribution < -0.4 is 15.0 Å². The number of nitrogens with one attached hydrogen (secondary N) is 1. The van der Waals surface area contributed by atoms with Gasteiger partial charge in [-0.15, -0.1) is 0 Å². The number of carbonyl (C=O) groups excluding carboxylic acids is 3. The minimum Gasteiger partial charge on any atom is -0.476 e. The van der Waals surface area contributed by atoms with Gasteiger partial charge in [-0.3, -0.25) is 14.4 Å². The second-order valence-electron chi connectivity index (χ2n) is 8.38. The largest absolute Gasteiger partial charge is 0.476 e. The van der Waals surface area contributed by atoms with Crippen LogP contribution in [0.2, 0.25) is 0 Å². The van der Waals surface area contributed by atoms with Gasteiger partial charge in [0, 0.05) is 24.3 Å². The van der Waals surface area contributed by atoms with Gasteiger partial charge in [-0.2, -0.15) is 0 Å². The van der Waals surface area contributed by atoms with Crippen LogP contribution in [-0.2, 0) is 4.79 Å². The maximum absolute atomic E-state index is 13.5. The van der Waals surface area contributed by atoms with Gasteiger partial charge < -0.3 is 24.3 Å². The number of piperidine rings is 1. The average molecular weight is 460 g/mol. The number of para-hydroxylation sites is 2. The highest BCUT2D eigenvalue weighted by Crippen LogP contribution is 2.35. The van der Waals surface area contributed by atoms with Crippen molar-refractivity contribution in [3.05, 3.63) is 78.3 Å². The zero-order valence-corrected chi connectivity index (χ0v) is 18.6. The van der Waals surface area contributed by atoms with Crippen molar-refractivity contribution in [1.82, 2.24) is 4.90 Å². The maximum atomic E-state index is 13.5. The topological polar surface area (TPSA) is 92.1 Å². The molecule has 1 saturated heterocycles. The number of carbonyl (C=O) groups is 3. The molecular formula is C26H25N3O5. The first-order valence-corrected chi connectivity index (χ1v) is 11.4. The van der Waals surface area contributed by atoms with Crippen LogP contribution in [0.3, 0.4) is 0 Å². The molecular weight excluding hydrogens is 434 g/mol. The van der Waals surface area contributed by atoms with Gasteiger partial charge in [-0.05, 0) is 67.8 Å². The number of hydrogen-bond acceptors (Lipinski definition) is 5. The van der Waals surface area contributed by atoms with E-state index in [1.54, 1.807) is 47.4 Å². The standard InChI is InChI=1S/C26H25N3O5/c30-24(22-9-6-16-33-22)27-19-12-10-18(11-13-19)25(31)29-17-23(26(32)28-14-4-1-5-15-28)34-21-8-3-2-7-20(21)29/h2-3,6-13,16,23H,1,4-5,14-15,17H2,(H,27,30). The zero-order valence-electron chi connectivity index (χ0n) is 18.6. The molecule has 2 aliphatic rings. The lowest BCUT2D eigenvalue weighted by Gasteiger charge is -2.37. The molecule has 3 heterocycles. The summed E-state index contributed by atoms with van der Waals surface area (Å²) in [6, 6.07) is 17.1. The number of furan rings is 1. The van der Waals surface area contributed by atoms with Gasteiger partial charge in [0.25, 0.3) is 17.7 Å². The van der Waals surface area contributed by atoms with Crippen molar-refractivity contribution in [2.24, 2.45) is 0 Å². The van der Waals surface area contributed by atoms with Crippen LogP contribution in [0.5, 0.6) is 5.75 Å². The summed E-state index contributed by atoms with van der Waals surface area (Å²) in [5.41, 5.74) is 1.61. The smallest absolute Gasteiger partial charge is 0.291 e. The fraction of sp³-hybridized carbons (Fsp3) is 0.269. The third-order valence-electron chi connectivity index (χ3n) is 6.10. The predicted octanol–water partition coefficient (Wildman–Crippen LogP) is 3.95. The molecule has 3 aromatic rings. The summed E-state index contributed by atoms with van der Waals surface area (Å²) in [7, 11) is 0. The molecule has 8 heteroatoms. The second kappa shape index (κ2) is 9.43. The summed E-state index contributed by atoms with van der Waals surface area (Å²) in [6.45, 7) is 1.58. The van der Waals surface area contributed by atoms with Gasteiger partial charge in [-0.1, -0.05) is 12.1 Å². The molecule has 8 nitrogen and oxygen atoms in total. The summed E-state index contributed by atoms with van der Waals surface area (Å²) in [5.74, 6) is 0.0265. The number of rotatable bonds is 4. The first kappa shape index (κ1) is 21.8. The van der Waals surface area contributed by atoms with Crippen molar-refractivity contribution >= 4 is 29.1 Å². The van der Waals surface area contributed by atoms with Gasteiger partial charge in [-0.25, -0.2) is 0 Å².